The third-order valence-electron chi connectivity index (χ3n) is 2.97. The summed E-state index contributed by atoms with van der Waals surface area (Å²) in [5, 5.41) is 0. The molecule has 0 aromatic heterocycles. The number of halogens is 4. The first-order chi connectivity index (χ1) is 11.3. The molecule has 26 heavy (non-hydrogen) atoms. The van der Waals surface area contributed by atoms with Gasteiger partial charge in [0, 0.05) is 5.82 Å². The van der Waals surface area contributed by atoms with Crippen molar-refractivity contribution in [3.05, 3.63) is 78.5 Å². The molecular weight excluding hydrogens is 338 g/mol. The van der Waals surface area contributed by atoms with E-state index in [1.54, 1.807) is 12.1 Å². The van der Waals surface area contributed by atoms with Gasteiger partial charge >= 0.3 is 43.9 Å². The molecule has 2 aromatic rings. The average molecular weight is 352 g/mol. The van der Waals surface area contributed by atoms with E-state index in [4.69, 9.17) is 0 Å². The molecule has 132 valence electrons. The third-order valence-corrected chi connectivity index (χ3v) is 2.97. The van der Waals surface area contributed by atoms with Gasteiger partial charge in [-0.1, -0.05) is 23.8 Å². The Hall–Kier alpha value is -1.31. The van der Waals surface area contributed by atoms with E-state index in [0.717, 1.165) is 12.1 Å². The second kappa shape index (κ2) is 13.0. The minimum absolute atomic E-state index is 0. The van der Waals surface area contributed by atoms with Crippen molar-refractivity contribution >= 4 is 12.6 Å². The standard InChI is InChI=1S/C12H8F3O2.C6H4F.2Li.2H/c1-8(10(6-16)7-17)9-3-2-4-11(5-9)12(13,14)15;7-6-4-2-1-3-5-6;;;;/h2-5,8,10H,1H2;1-4H;;;;/q-3;-1;2*+1;2*-1. The monoisotopic (exact) mass is 352 g/mol. The van der Waals surface area contributed by atoms with Crippen LogP contribution in [0.4, 0.5) is 17.6 Å². The zero-order valence-corrected chi connectivity index (χ0v) is 14.3. The molecule has 8 heteroatoms. The number of rotatable bonds is 4. The molecule has 1 unspecified atom stereocenters. The van der Waals surface area contributed by atoms with E-state index in [2.05, 4.69) is 13.0 Å². The molecular formula is C18H14F4Li2O2-4. The van der Waals surface area contributed by atoms with Crippen molar-refractivity contribution in [3.63, 3.8) is 0 Å². The molecule has 0 N–H and O–H groups in total. The maximum atomic E-state index is 12.4. The first-order valence-corrected chi connectivity index (χ1v) is 6.67. The van der Waals surface area contributed by atoms with Gasteiger partial charge in [0.05, 0.1) is 5.56 Å². The van der Waals surface area contributed by atoms with Crippen molar-refractivity contribution in [1.82, 2.24) is 0 Å². The predicted molar refractivity (Wildman–Crippen MR) is 81.9 cm³/mol. The Labute approximate surface area is 176 Å². The first kappa shape index (κ1) is 26.9. The molecule has 2 rings (SSSR count). The summed E-state index contributed by atoms with van der Waals surface area (Å²) in [6, 6.07) is 12.9. The van der Waals surface area contributed by atoms with Gasteiger partial charge in [0.25, 0.3) is 0 Å². The Morgan fingerprint density at radius 2 is 1.65 bits per heavy atom. The van der Waals surface area contributed by atoms with Crippen molar-refractivity contribution in [2.24, 2.45) is 5.92 Å². The van der Waals surface area contributed by atoms with Crippen molar-refractivity contribution in [2.45, 2.75) is 12.1 Å². The number of benzene rings is 2. The predicted octanol–water partition coefficient (Wildman–Crippen LogP) is -1.68. The van der Waals surface area contributed by atoms with Crippen LogP contribution in [0.2, 0.25) is 0 Å². The zero-order chi connectivity index (χ0) is 18.2. The van der Waals surface area contributed by atoms with E-state index in [-0.39, 0.29) is 52.0 Å². The normalized spacial score (nSPS) is 11.2. The average Bonchev–Trinajstić information content (AvgIpc) is 2.56. The summed E-state index contributed by atoms with van der Waals surface area (Å²) >= 11 is 0. The van der Waals surface area contributed by atoms with Crippen LogP contribution in [0.1, 0.15) is 19.9 Å². The van der Waals surface area contributed by atoms with Gasteiger partial charge in [-0.25, -0.2) is 4.39 Å². The fourth-order valence-corrected chi connectivity index (χ4v) is 1.70. The van der Waals surface area contributed by atoms with Gasteiger partial charge in [0.2, 0.25) is 0 Å². The summed E-state index contributed by atoms with van der Waals surface area (Å²) in [4.78, 5) is 20.8. The summed E-state index contributed by atoms with van der Waals surface area (Å²) in [5.41, 5.74) is -0.698. The smallest absolute Gasteiger partial charge is 1.00 e. The molecule has 0 fully saturated rings. The maximum Gasteiger partial charge on any atom is 1.00 e. The SMILES string of the molecule is Fc1[c-]cccc1.[CH2-]C(c1cccc(C(F)(F)F)c1)C([C-]=O)[C-]=O.[H-].[H-].[Li+].[Li+]. The van der Waals surface area contributed by atoms with Gasteiger partial charge in [-0.2, -0.15) is 37.3 Å². The second-order valence-corrected chi connectivity index (χ2v) is 4.65. The second-order valence-electron chi connectivity index (χ2n) is 4.65. The Morgan fingerprint density at radius 3 is 2.04 bits per heavy atom. The fraction of sp³-hybridized carbons (Fsp3) is 0.167. The Balaban J connectivity index is -0.000000225. The van der Waals surface area contributed by atoms with Crippen LogP contribution in [0, 0.1) is 24.7 Å². The van der Waals surface area contributed by atoms with E-state index >= 15 is 0 Å². The van der Waals surface area contributed by atoms with Crippen LogP contribution in [0.3, 0.4) is 0 Å². The van der Waals surface area contributed by atoms with Gasteiger partial charge in [-0.3, -0.25) is 18.5 Å². The minimum atomic E-state index is -4.47. The minimum Gasteiger partial charge on any atom is -1.00 e. The molecule has 0 radical (unpaired) electrons. The molecule has 2 nitrogen and oxygen atoms in total. The van der Waals surface area contributed by atoms with Gasteiger partial charge in [-0.15, -0.1) is 12.1 Å². The molecule has 0 aliphatic heterocycles. The van der Waals surface area contributed by atoms with Gasteiger partial charge in [-0.05, 0) is 6.07 Å². The van der Waals surface area contributed by atoms with Crippen LogP contribution in [-0.2, 0) is 15.8 Å². The van der Waals surface area contributed by atoms with Crippen molar-refractivity contribution in [3.8, 4) is 0 Å². The van der Waals surface area contributed by atoms with Gasteiger partial charge < -0.3 is 19.4 Å². The molecule has 0 amide bonds. The zero-order valence-electron chi connectivity index (χ0n) is 16.3. The van der Waals surface area contributed by atoms with E-state index in [1.807, 2.05) is 0 Å². The molecule has 2 aromatic carbocycles. The molecule has 0 aliphatic rings. The van der Waals surface area contributed by atoms with E-state index < -0.39 is 23.6 Å². The van der Waals surface area contributed by atoms with Crippen LogP contribution in [0.25, 0.3) is 0 Å². The van der Waals surface area contributed by atoms with Gasteiger partial charge in [0.1, 0.15) is 0 Å². The van der Waals surface area contributed by atoms with Crippen LogP contribution in [-0.4, -0.2) is 12.6 Å². The summed E-state index contributed by atoms with van der Waals surface area (Å²) in [7, 11) is 0. The molecule has 0 saturated heterocycles. The molecule has 0 aliphatic carbocycles. The van der Waals surface area contributed by atoms with E-state index in [1.165, 1.54) is 36.8 Å². The van der Waals surface area contributed by atoms with Crippen molar-refractivity contribution in [1.29, 1.82) is 0 Å². The molecule has 1 atom stereocenters. The maximum absolute atomic E-state index is 12.4. The van der Waals surface area contributed by atoms with E-state index in [9.17, 15) is 27.2 Å². The Bertz CT molecular complexity index is 666. The Kier molecular flexibility index (Phi) is 13.4. The van der Waals surface area contributed by atoms with Crippen molar-refractivity contribution < 1.29 is 67.7 Å². The van der Waals surface area contributed by atoms with Crippen LogP contribution >= 0.6 is 0 Å². The van der Waals surface area contributed by atoms with Crippen LogP contribution in [0.5, 0.6) is 0 Å². The molecule has 0 heterocycles. The van der Waals surface area contributed by atoms with Gasteiger partial charge in [0.15, 0.2) is 0 Å². The summed E-state index contributed by atoms with van der Waals surface area (Å²) < 4.78 is 49.1. The fourth-order valence-electron chi connectivity index (χ4n) is 1.70. The van der Waals surface area contributed by atoms with Crippen LogP contribution in [0.15, 0.2) is 48.5 Å². The molecule has 0 spiro atoms. The summed E-state index contributed by atoms with van der Waals surface area (Å²) in [5.74, 6) is -2.51. The molecule has 0 saturated carbocycles. The number of carbonyl (C=O) groups excluding carboxylic acids is 2. The molecule has 0 bridgehead atoms. The summed E-state index contributed by atoms with van der Waals surface area (Å²) in [6.07, 6.45) is -1.69. The van der Waals surface area contributed by atoms with E-state index in [0.29, 0.717) is 0 Å². The number of hydrogen-bond donors (Lipinski definition) is 0. The van der Waals surface area contributed by atoms with Crippen molar-refractivity contribution in [2.75, 3.05) is 0 Å². The third kappa shape index (κ3) is 8.87. The topological polar surface area (TPSA) is 34.1 Å². The first-order valence-electron chi connectivity index (χ1n) is 6.67. The Morgan fingerprint density at radius 1 is 1.04 bits per heavy atom. The van der Waals surface area contributed by atoms with Crippen LogP contribution < -0.4 is 37.7 Å². The summed E-state index contributed by atoms with van der Waals surface area (Å²) in [6.45, 7) is 3.48. The quantitative estimate of drug-likeness (QED) is 0.285. The number of hydrogen-bond acceptors (Lipinski definition) is 2. The number of alkyl halides is 3. The largest absolute Gasteiger partial charge is 1.00 e.